The zero-order valence-corrected chi connectivity index (χ0v) is 20.6. The fourth-order valence-electron chi connectivity index (χ4n) is 3.39. The average Bonchev–Trinajstić information content (AvgIpc) is 3.30. The van der Waals surface area contributed by atoms with Crippen LogP contribution in [-0.4, -0.2) is 72.7 Å². The summed E-state index contributed by atoms with van der Waals surface area (Å²) in [4.78, 5) is 14.4. The Hall–Kier alpha value is -0.680. The van der Waals surface area contributed by atoms with Crippen LogP contribution >= 0.6 is 35.5 Å². The summed E-state index contributed by atoms with van der Waals surface area (Å²) in [7, 11) is 0. The van der Waals surface area contributed by atoms with Gasteiger partial charge in [-0.15, -0.1) is 24.0 Å². The number of aromatic nitrogens is 2. The van der Waals surface area contributed by atoms with Gasteiger partial charge in [-0.1, -0.05) is 6.92 Å². The summed E-state index contributed by atoms with van der Waals surface area (Å²) >= 11 is 1.52. The third-order valence-corrected chi connectivity index (χ3v) is 6.28. The Balaban J connectivity index is 0.00000280. The number of aryl methyl sites for hydroxylation is 1. The van der Waals surface area contributed by atoms with Gasteiger partial charge in [0.1, 0.15) is 5.82 Å². The first-order chi connectivity index (χ1) is 13.2. The van der Waals surface area contributed by atoms with Crippen LogP contribution < -0.4 is 10.2 Å². The van der Waals surface area contributed by atoms with E-state index in [0.717, 1.165) is 82.2 Å². The number of rotatable bonds is 9. The van der Waals surface area contributed by atoms with Crippen LogP contribution in [0.25, 0.3) is 0 Å². The first kappa shape index (κ1) is 23.6. The molecule has 0 radical (unpaired) electrons. The molecule has 0 spiro atoms. The Morgan fingerprint density at radius 2 is 1.96 bits per heavy atom. The van der Waals surface area contributed by atoms with Crippen molar-refractivity contribution in [2.75, 3.05) is 57.4 Å². The lowest BCUT2D eigenvalue weighted by atomic mass is 10.0. The molecule has 1 saturated carbocycles. The molecule has 28 heavy (non-hydrogen) atoms. The van der Waals surface area contributed by atoms with Crippen molar-refractivity contribution < 1.29 is 4.74 Å². The summed E-state index contributed by atoms with van der Waals surface area (Å²) in [5.74, 6) is 2.01. The van der Waals surface area contributed by atoms with E-state index in [1.807, 2.05) is 0 Å². The number of piperazine rings is 1. The van der Waals surface area contributed by atoms with Gasteiger partial charge in [-0.2, -0.15) is 4.37 Å². The number of halogens is 1. The highest BCUT2D eigenvalue weighted by molar-refractivity contribution is 14.0. The highest BCUT2D eigenvalue weighted by Crippen LogP contribution is 2.49. The van der Waals surface area contributed by atoms with Gasteiger partial charge in [0.25, 0.3) is 0 Å². The maximum Gasteiger partial charge on any atom is 0.205 e. The highest BCUT2D eigenvalue weighted by atomic mass is 127. The van der Waals surface area contributed by atoms with Gasteiger partial charge >= 0.3 is 0 Å². The third kappa shape index (κ3) is 6.41. The number of hydrogen-bond donors (Lipinski definition) is 1. The molecule has 0 aromatic carbocycles. The molecular weight excluding hydrogens is 487 g/mol. The predicted octanol–water partition coefficient (Wildman–Crippen LogP) is 3.01. The van der Waals surface area contributed by atoms with E-state index in [4.69, 9.17) is 9.73 Å². The Labute approximate surface area is 190 Å². The summed E-state index contributed by atoms with van der Waals surface area (Å²) in [6.45, 7) is 13.7. The Kier molecular flexibility index (Phi) is 9.68. The third-order valence-electron chi connectivity index (χ3n) is 5.46. The molecule has 1 aromatic heterocycles. The maximum atomic E-state index is 5.55. The fraction of sp³-hybridized carbons (Fsp3) is 0.842. The normalized spacial score (nSPS) is 18.8. The lowest BCUT2D eigenvalue weighted by molar-refractivity contribution is 0.129. The van der Waals surface area contributed by atoms with Crippen molar-refractivity contribution >= 4 is 46.6 Å². The topological polar surface area (TPSA) is 65.9 Å². The SMILES string of the molecule is CCNC(=NCC1(CCOCC)CC1)N1CCN(c2nc(CC)ns2)CC1.I. The van der Waals surface area contributed by atoms with Crippen LogP contribution in [0.15, 0.2) is 4.99 Å². The lowest BCUT2D eigenvalue weighted by Crippen LogP contribution is -2.52. The van der Waals surface area contributed by atoms with Crippen LogP contribution in [0.2, 0.25) is 0 Å². The van der Waals surface area contributed by atoms with Gasteiger partial charge in [0.05, 0.1) is 0 Å². The predicted molar refractivity (Wildman–Crippen MR) is 127 cm³/mol. The van der Waals surface area contributed by atoms with Crippen molar-refractivity contribution in [3.05, 3.63) is 5.82 Å². The molecule has 1 N–H and O–H groups in total. The molecule has 1 aliphatic carbocycles. The van der Waals surface area contributed by atoms with Crippen molar-refractivity contribution in [1.29, 1.82) is 0 Å². The molecule has 2 fully saturated rings. The molecule has 3 rings (SSSR count). The minimum absolute atomic E-state index is 0. The van der Waals surface area contributed by atoms with Crippen molar-refractivity contribution in [1.82, 2.24) is 19.6 Å². The van der Waals surface area contributed by atoms with Gasteiger partial charge in [-0.05, 0) is 38.5 Å². The molecule has 0 unspecified atom stereocenters. The number of ether oxygens (including phenoxy) is 1. The molecule has 160 valence electrons. The smallest absolute Gasteiger partial charge is 0.205 e. The second-order valence-electron chi connectivity index (χ2n) is 7.44. The zero-order valence-electron chi connectivity index (χ0n) is 17.4. The first-order valence-electron chi connectivity index (χ1n) is 10.4. The Bertz CT molecular complexity index is 613. The summed E-state index contributed by atoms with van der Waals surface area (Å²) in [5.41, 5.74) is 0.390. The van der Waals surface area contributed by atoms with Crippen LogP contribution in [0.1, 0.15) is 45.9 Å². The maximum absolute atomic E-state index is 5.55. The van der Waals surface area contributed by atoms with E-state index in [0.29, 0.717) is 5.41 Å². The fourth-order valence-corrected chi connectivity index (χ4v) is 4.19. The Morgan fingerprint density at radius 1 is 1.21 bits per heavy atom. The van der Waals surface area contributed by atoms with Crippen molar-refractivity contribution in [2.24, 2.45) is 10.4 Å². The van der Waals surface area contributed by atoms with Gasteiger partial charge < -0.3 is 19.9 Å². The molecule has 2 heterocycles. The quantitative estimate of drug-likeness (QED) is 0.233. The van der Waals surface area contributed by atoms with Crippen LogP contribution in [0, 0.1) is 5.41 Å². The zero-order chi connectivity index (χ0) is 19.1. The summed E-state index contributed by atoms with van der Waals surface area (Å²) in [5, 5.41) is 4.55. The van der Waals surface area contributed by atoms with Crippen molar-refractivity contribution in [3.8, 4) is 0 Å². The molecule has 2 aliphatic rings. The van der Waals surface area contributed by atoms with Crippen molar-refractivity contribution in [2.45, 2.75) is 46.5 Å². The van der Waals surface area contributed by atoms with Gasteiger partial charge in [0.15, 0.2) is 5.96 Å². The molecular formula is C19H35IN6OS. The number of anilines is 1. The number of nitrogens with one attached hydrogen (secondary N) is 1. The molecule has 0 amide bonds. The standard InChI is InChI=1S/C19H34N6OS.HI/c1-4-16-22-18(27-23-16)25-12-10-24(11-13-25)17(20-5-2)21-15-19(7-8-19)9-14-26-6-3;/h4-15H2,1-3H3,(H,20,21);1H. The van der Waals surface area contributed by atoms with E-state index in [2.05, 4.69) is 45.2 Å². The summed E-state index contributed by atoms with van der Waals surface area (Å²) < 4.78 is 9.97. The van der Waals surface area contributed by atoms with Gasteiger partial charge in [-0.25, -0.2) is 4.98 Å². The van der Waals surface area contributed by atoms with Gasteiger partial charge in [0.2, 0.25) is 5.13 Å². The van der Waals surface area contributed by atoms with Crippen LogP contribution in [0.5, 0.6) is 0 Å². The van der Waals surface area contributed by atoms with E-state index in [9.17, 15) is 0 Å². The van der Waals surface area contributed by atoms with Gasteiger partial charge in [0, 0.05) is 70.4 Å². The van der Waals surface area contributed by atoms with Crippen molar-refractivity contribution in [3.63, 3.8) is 0 Å². The number of nitrogens with zero attached hydrogens (tertiary/aromatic N) is 5. The van der Waals surface area contributed by atoms with Crippen LogP contribution in [0.3, 0.4) is 0 Å². The lowest BCUT2D eigenvalue weighted by Gasteiger charge is -2.36. The molecule has 1 aliphatic heterocycles. The molecule has 1 saturated heterocycles. The van der Waals surface area contributed by atoms with E-state index < -0.39 is 0 Å². The van der Waals surface area contributed by atoms with Crippen LogP contribution in [-0.2, 0) is 11.2 Å². The number of hydrogen-bond acceptors (Lipinski definition) is 6. The second kappa shape index (κ2) is 11.5. The Morgan fingerprint density at radius 3 is 2.54 bits per heavy atom. The number of aliphatic imine (C=N–C) groups is 1. The summed E-state index contributed by atoms with van der Waals surface area (Å²) in [6.07, 6.45) is 4.61. The molecule has 9 heteroatoms. The monoisotopic (exact) mass is 522 g/mol. The van der Waals surface area contributed by atoms with Gasteiger partial charge in [-0.3, -0.25) is 4.99 Å². The molecule has 0 atom stereocenters. The minimum atomic E-state index is 0. The highest BCUT2D eigenvalue weighted by Gasteiger charge is 2.42. The second-order valence-corrected chi connectivity index (χ2v) is 8.17. The first-order valence-corrected chi connectivity index (χ1v) is 11.2. The largest absolute Gasteiger partial charge is 0.382 e. The van der Waals surface area contributed by atoms with Crippen LogP contribution in [0.4, 0.5) is 5.13 Å². The molecule has 0 bridgehead atoms. The number of guanidine groups is 1. The summed E-state index contributed by atoms with van der Waals surface area (Å²) in [6, 6.07) is 0. The molecule has 1 aromatic rings. The molecule has 7 nitrogen and oxygen atoms in total. The average molecular weight is 523 g/mol. The van der Waals surface area contributed by atoms with E-state index in [1.54, 1.807) is 0 Å². The van der Waals surface area contributed by atoms with E-state index >= 15 is 0 Å². The van der Waals surface area contributed by atoms with E-state index in [1.165, 1.54) is 24.4 Å². The minimum Gasteiger partial charge on any atom is -0.382 e. The van der Waals surface area contributed by atoms with E-state index in [-0.39, 0.29) is 24.0 Å².